The molecule has 0 aromatic heterocycles. The SMILES string of the molecule is CCCCCCCCCCCCCCCC(=O)S(=O)(=O)[O-].[Li+]. The second-order valence-electron chi connectivity index (χ2n) is 5.82. The standard InChI is InChI=1S/C16H32O4S.Li/c1-2-3-4-5-6-7-8-9-10-11-12-13-14-15-16(17)21(18,19)20;/h2-15H2,1H3,(H,18,19,20);/q;+1/p-1. The van der Waals surface area contributed by atoms with Crippen molar-refractivity contribution in [3.8, 4) is 0 Å². The fourth-order valence-electron chi connectivity index (χ4n) is 2.41. The van der Waals surface area contributed by atoms with Crippen LogP contribution >= 0.6 is 0 Å². The predicted octanol–water partition coefficient (Wildman–Crippen LogP) is 1.54. The van der Waals surface area contributed by atoms with Crippen molar-refractivity contribution in [3.05, 3.63) is 0 Å². The van der Waals surface area contributed by atoms with Crippen LogP contribution in [0.5, 0.6) is 0 Å². The first-order chi connectivity index (χ1) is 9.98. The summed E-state index contributed by atoms with van der Waals surface area (Å²) in [5, 5.41) is -1.16. The Hall–Kier alpha value is 0.177. The summed E-state index contributed by atoms with van der Waals surface area (Å²) in [7, 11) is -4.71. The molecular weight excluding hydrogens is 295 g/mol. The molecule has 4 nitrogen and oxygen atoms in total. The number of hydrogen-bond donors (Lipinski definition) is 0. The van der Waals surface area contributed by atoms with Gasteiger partial charge in [-0.1, -0.05) is 84.0 Å². The van der Waals surface area contributed by atoms with Gasteiger partial charge in [0.1, 0.15) is 0 Å². The molecule has 6 heteroatoms. The number of carbonyl (C=O) groups excluding carboxylic acids is 1. The van der Waals surface area contributed by atoms with Crippen molar-refractivity contribution in [2.75, 3.05) is 0 Å². The van der Waals surface area contributed by atoms with Gasteiger partial charge in [-0.15, -0.1) is 0 Å². The Balaban J connectivity index is 0. The van der Waals surface area contributed by atoms with Gasteiger partial charge in [-0.25, -0.2) is 8.42 Å². The first kappa shape index (κ1) is 24.4. The molecule has 0 saturated heterocycles. The largest absolute Gasteiger partial charge is 1.00 e. The Labute approximate surface area is 148 Å². The number of carbonyl (C=O) groups is 1. The molecule has 0 spiro atoms. The predicted molar refractivity (Wildman–Crippen MR) is 85.0 cm³/mol. The van der Waals surface area contributed by atoms with Crippen LogP contribution in [-0.2, 0) is 14.9 Å². The maximum absolute atomic E-state index is 10.9. The third-order valence-electron chi connectivity index (χ3n) is 3.76. The van der Waals surface area contributed by atoms with Gasteiger partial charge in [-0.3, -0.25) is 4.79 Å². The summed E-state index contributed by atoms with van der Waals surface area (Å²) in [6.07, 6.45) is 15.2. The van der Waals surface area contributed by atoms with E-state index in [0.717, 1.165) is 19.3 Å². The fraction of sp³-hybridized carbons (Fsp3) is 0.938. The summed E-state index contributed by atoms with van der Waals surface area (Å²) in [6, 6.07) is 0. The van der Waals surface area contributed by atoms with Gasteiger partial charge >= 0.3 is 18.9 Å². The first-order valence-electron chi connectivity index (χ1n) is 8.47. The summed E-state index contributed by atoms with van der Waals surface area (Å²) in [6.45, 7) is 2.23. The Morgan fingerprint density at radius 2 is 1.05 bits per heavy atom. The quantitative estimate of drug-likeness (QED) is 0.276. The molecule has 0 atom stereocenters. The molecule has 0 aromatic carbocycles. The maximum atomic E-state index is 10.9. The van der Waals surface area contributed by atoms with E-state index in [4.69, 9.17) is 0 Å². The van der Waals surface area contributed by atoms with E-state index in [1.54, 1.807) is 0 Å². The minimum atomic E-state index is -4.71. The fourth-order valence-corrected chi connectivity index (χ4v) is 2.81. The molecule has 0 amide bonds. The summed E-state index contributed by atoms with van der Waals surface area (Å²) < 4.78 is 31.1. The second-order valence-corrected chi connectivity index (χ2v) is 7.18. The van der Waals surface area contributed by atoms with Gasteiger partial charge in [0.15, 0.2) is 10.1 Å². The van der Waals surface area contributed by atoms with E-state index in [1.165, 1.54) is 57.8 Å². The number of rotatable bonds is 14. The normalized spacial score (nSPS) is 11.2. The molecular formula is C16H31LiO4S. The van der Waals surface area contributed by atoms with Crippen LogP contribution in [0.15, 0.2) is 0 Å². The topological polar surface area (TPSA) is 74.3 Å². The maximum Gasteiger partial charge on any atom is 1.00 e. The van der Waals surface area contributed by atoms with E-state index in [9.17, 15) is 17.8 Å². The molecule has 22 heavy (non-hydrogen) atoms. The van der Waals surface area contributed by atoms with Gasteiger partial charge in [0.05, 0.1) is 0 Å². The van der Waals surface area contributed by atoms with E-state index in [1.807, 2.05) is 0 Å². The van der Waals surface area contributed by atoms with Crippen molar-refractivity contribution in [2.24, 2.45) is 0 Å². The molecule has 0 aromatic rings. The van der Waals surface area contributed by atoms with Crippen molar-refractivity contribution in [1.82, 2.24) is 0 Å². The van der Waals surface area contributed by atoms with Crippen LogP contribution in [-0.4, -0.2) is 18.1 Å². The van der Waals surface area contributed by atoms with Crippen molar-refractivity contribution in [2.45, 2.75) is 96.8 Å². The molecule has 0 rings (SSSR count). The zero-order valence-corrected chi connectivity index (χ0v) is 15.3. The Morgan fingerprint density at radius 1 is 0.727 bits per heavy atom. The molecule has 0 saturated carbocycles. The van der Waals surface area contributed by atoms with Gasteiger partial charge in [-0.05, 0) is 6.42 Å². The molecule has 0 radical (unpaired) electrons. The molecule has 0 N–H and O–H groups in total. The van der Waals surface area contributed by atoms with E-state index < -0.39 is 15.2 Å². The molecule has 0 aliphatic heterocycles. The van der Waals surface area contributed by atoms with Gasteiger partial charge < -0.3 is 4.55 Å². The average Bonchev–Trinajstić information content (AvgIpc) is 2.42. The summed E-state index contributed by atoms with van der Waals surface area (Å²) in [5.74, 6) is 0. The summed E-state index contributed by atoms with van der Waals surface area (Å²) >= 11 is 0. The summed E-state index contributed by atoms with van der Waals surface area (Å²) in [5.41, 5.74) is 0. The van der Waals surface area contributed by atoms with Crippen molar-refractivity contribution < 1.29 is 36.6 Å². The zero-order valence-electron chi connectivity index (χ0n) is 14.4. The monoisotopic (exact) mass is 326 g/mol. The Morgan fingerprint density at radius 3 is 1.36 bits per heavy atom. The van der Waals surface area contributed by atoms with Crippen LogP contribution in [0.25, 0.3) is 0 Å². The molecule has 0 aliphatic carbocycles. The molecule has 0 fully saturated rings. The van der Waals surface area contributed by atoms with Crippen LogP contribution in [0.4, 0.5) is 0 Å². The average molecular weight is 326 g/mol. The molecule has 0 aliphatic rings. The third kappa shape index (κ3) is 16.5. The van der Waals surface area contributed by atoms with Crippen molar-refractivity contribution in [1.29, 1.82) is 0 Å². The van der Waals surface area contributed by atoms with Crippen LogP contribution in [0.3, 0.4) is 0 Å². The zero-order chi connectivity index (χ0) is 16.0. The summed E-state index contributed by atoms with van der Waals surface area (Å²) in [4.78, 5) is 10.9. The second kappa shape index (κ2) is 16.0. The van der Waals surface area contributed by atoms with Crippen molar-refractivity contribution in [3.63, 3.8) is 0 Å². The van der Waals surface area contributed by atoms with Gasteiger partial charge in [-0.2, -0.15) is 0 Å². The van der Waals surface area contributed by atoms with E-state index in [2.05, 4.69) is 6.92 Å². The first-order valence-corrected chi connectivity index (χ1v) is 9.88. The van der Waals surface area contributed by atoms with Gasteiger partial charge in [0.25, 0.3) is 0 Å². The molecule has 0 bridgehead atoms. The third-order valence-corrected chi connectivity index (χ3v) is 4.53. The number of hydrogen-bond acceptors (Lipinski definition) is 4. The molecule has 126 valence electrons. The molecule has 0 unspecified atom stereocenters. The van der Waals surface area contributed by atoms with Crippen LogP contribution in [0.1, 0.15) is 96.8 Å². The van der Waals surface area contributed by atoms with E-state index >= 15 is 0 Å². The minimum Gasteiger partial charge on any atom is -0.742 e. The van der Waals surface area contributed by atoms with Gasteiger partial charge in [0, 0.05) is 6.42 Å². The van der Waals surface area contributed by atoms with Crippen molar-refractivity contribution >= 4 is 15.2 Å². The van der Waals surface area contributed by atoms with Crippen LogP contribution in [0.2, 0.25) is 0 Å². The van der Waals surface area contributed by atoms with Gasteiger partial charge in [0.2, 0.25) is 5.12 Å². The number of unbranched alkanes of at least 4 members (excludes halogenated alkanes) is 12. The minimum absolute atomic E-state index is 0. The molecule has 0 heterocycles. The van der Waals surface area contributed by atoms with Crippen LogP contribution < -0.4 is 18.9 Å². The smallest absolute Gasteiger partial charge is 0.742 e. The van der Waals surface area contributed by atoms with E-state index in [0.29, 0.717) is 6.42 Å². The Kier molecular flexibility index (Phi) is 17.8. The van der Waals surface area contributed by atoms with Crippen LogP contribution in [0, 0.1) is 0 Å². The Bertz CT molecular complexity index is 355. The van der Waals surface area contributed by atoms with E-state index in [-0.39, 0.29) is 25.3 Å².